The number of carbonyl (C=O) groups excluding carboxylic acids is 1. The van der Waals surface area contributed by atoms with Crippen molar-refractivity contribution in [3.8, 4) is 0 Å². The van der Waals surface area contributed by atoms with Crippen LogP contribution in [0.3, 0.4) is 0 Å². The van der Waals surface area contributed by atoms with Gasteiger partial charge in [0.05, 0.1) is 24.3 Å². The average molecular weight is 328 g/mol. The zero-order chi connectivity index (χ0) is 16.5. The molecule has 4 rings (SSSR count). The van der Waals surface area contributed by atoms with E-state index in [9.17, 15) is 9.18 Å². The molecule has 2 aliphatic heterocycles. The number of halogens is 1. The smallest absolute Gasteiger partial charge is 0.256 e. The normalized spacial score (nSPS) is 23.2. The first-order valence-corrected chi connectivity index (χ1v) is 7.93. The number of rotatable bonds is 2. The van der Waals surface area contributed by atoms with Crippen molar-refractivity contribution in [3.63, 3.8) is 0 Å². The van der Waals surface area contributed by atoms with Gasteiger partial charge in [0.25, 0.3) is 5.91 Å². The van der Waals surface area contributed by atoms with Crippen LogP contribution in [0.4, 0.5) is 10.3 Å². The van der Waals surface area contributed by atoms with E-state index in [-0.39, 0.29) is 23.6 Å². The molecule has 0 radical (unpaired) electrons. The number of morpholine rings is 1. The van der Waals surface area contributed by atoms with Crippen molar-refractivity contribution >= 4 is 11.9 Å². The fourth-order valence-corrected chi connectivity index (χ4v) is 3.35. The zero-order valence-electron chi connectivity index (χ0n) is 13.0. The largest absolute Gasteiger partial charge is 0.372 e. The highest BCUT2D eigenvalue weighted by Gasteiger charge is 2.43. The fraction of sp³-hybridized carbons (Fsp3) is 0.353. The van der Waals surface area contributed by atoms with Crippen LogP contribution in [0.15, 0.2) is 42.7 Å². The van der Waals surface area contributed by atoms with Gasteiger partial charge in [-0.15, -0.1) is 0 Å². The Morgan fingerprint density at radius 3 is 2.75 bits per heavy atom. The molecule has 0 N–H and O–H groups in total. The summed E-state index contributed by atoms with van der Waals surface area (Å²) >= 11 is 0. The van der Waals surface area contributed by atoms with Gasteiger partial charge in [-0.1, -0.05) is 12.1 Å². The predicted octanol–water partition coefficient (Wildman–Crippen LogP) is 1.35. The summed E-state index contributed by atoms with van der Waals surface area (Å²) in [7, 11) is 0. The number of carbonyl (C=O) groups is 1. The van der Waals surface area contributed by atoms with Gasteiger partial charge in [-0.3, -0.25) is 4.79 Å². The van der Waals surface area contributed by atoms with Gasteiger partial charge in [-0.2, -0.15) is 0 Å². The Kier molecular flexibility index (Phi) is 3.86. The number of nitrogens with zero attached hydrogens (tertiary/aromatic N) is 4. The van der Waals surface area contributed by atoms with Crippen molar-refractivity contribution in [1.82, 2.24) is 14.9 Å². The number of fused-ring (bicyclic) bond motifs is 1. The summed E-state index contributed by atoms with van der Waals surface area (Å²) in [6.07, 6.45) is 3.28. The molecule has 2 aliphatic rings. The summed E-state index contributed by atoms with van der Waals surface area (Å²) in [6.45, 7) is 2.14. The van der Waals surface area contributed by atoms with Crippen LogP contribution in [0.25, 0.3) is 0 Å². The average Bonchev–Trinajstić information content (AvgIpc) is 3.06. The van der Waals surface area contributed by atoms with Gasteiger partial charge < -0.3 is 14.5 Å². The van der Waals surface area contributed by atoms with Gasteiger partial charge in [0.15, 0.2) is 0 Å². The molecule has 0 unspecified atom stereocenters. The highest BCUT2D eigenvalue weighted by Crippen LogP contribution is 2.27. The lowest BCUT2D eigenvalue weighted by atomic mass is 10.1. The molecule has 2 saturated heterocycles. The van der Waals surface area contributed by atoms with E-state index < -0.39 is 5.82 Å². The molecule has 2 atom stereocenters. The molecular weight excluding hydrogens is 311 g/mol. The van der Waals surface area contributed by atoms with E-state index in [0.29, 0.717) is 32.2 Å². The van der Waals surface area contributed by atoms with Crippen molar-refractivity contribution in [2.75, 3.05) is 31.1 Å². The molecule has 1 aromatic carbocycles. The summed E-state index contributed by atoms with van der Waals surface area (Å²) in [5, 5.41) is 0. The van der Waals surface area contributed by atoms with Crippen LogP contribution in [0, 0.1) is 5.82 Å². The number of likely N-dealkylation sites (tertiary alicyclic amines) is 1. The Morgan fingerprint density at radius 1 is 1.17 bits per heavy atom. The second-order valence-electron chi connectivity index (χ2n) is 5.91. The minimum atomic E-state index is -0.499. The van der Waals surface area contributed by atoms with Crippen LogP contribution in [-0.4, -0.2) is 59.2 Å². The molecule has 3 heterocycles. The number of hydrogen-bond donors (Lipinski definition) is 0. The summed E-state index contributed by atoms with van der Waals surface area (Å²) in [5.41, 5.74) is 0.0960. The van der Waals surface area contributed by atoms with E-state index in [1.54, 1.807) is 35.5 Å². The Bertz CT molecular complexity index is 742. The van der Waals surface area contributed by atoms with Crippen LogP contribution in [0.2, 0.25) is 0 Å². The molecule has 1 aromatic heterocycles. The number of aromatic nitrogens is 2. The standard InChI is InChI=1S/C17H17FN4O2/c18-13-5-2-1-4-12(13)16(23)21-10-14-15(11-21)24-9-8-22(14)17-19-6-3-7-20-17/h1-7,14-15H,8-11H2/t14-,15+/m1/s1. The molecule has 0 aliphatic carbocycles. The van der Waals surface area contributed by atoms with E-state index in [1.807, 2.05) is 0 Å². The molecule has 7 heteroatoms. The molecule has 0 bridgehead atoms. The van der Waals surface area contributed by atoms with Gasteiger partial charge in [0.2, 0.25) is 5.95 Å². The predicted molar refractivity (Wildman–Crippen MR) is 85.2 cm³/mol. The first kappa shape index (κ1) is 15.0. The van der Waals surface area contributed by atoms with Crippen LogP contribution in [-0.2, 0) is 4.74 Å². The SMILES string of the molecule is O=C(c1ccccc1F)N1C[C@@H]2OCCN(c3ncccn3)[C@@H]2C1. The first-order chi connectivity index (χ1) is 11.7. The summed E-state index contributed by atoms with van der Waals surface area (Å²) in [5.74, 6) is -0.169. The molecule has 0 saturated carbocycles. The van der Waals surface area contributed by atoms with Crippen molar-refractivity contribution in [2.24, 2.45) is 0 Å². The van der Waals surface area contributed by atoms with Gasteiger partial charge in [0.1, 0.15) is 5.82 Å². The lowest BCUT2D eigenvalue weighted by molar-refractivity contribution is 0.0296. The second kappa shape index (κ2) is 6.16. The number of ether oxygens (including phenoxy) is 1. The third kappa shape index (κ3) is 2.60. The molecule has 24 heavy (non-hydrogen) atoms. The van der Waals surface area contributed by atoms with Crippen LogP contribution in [0.1, 0.15) is 10.4 Å². The third-order valence-electron chi connectivity index (χ3n) is 4.50. The van der Waals surface area contributed by atoms with Crippen LogP contribution >= 0.6 is 0 Å². The summed E-state index contributed by atoms with van der Waals surface area (Å²) in [6, 6.07) is 7.81. The Morgan fingerprint density at radius 2 is 1.96 bits per heavy atom. The Balaban J connectivity index is 1.56. The van der Waals surface area contributed by atoms with Crippen LogP contribution < -0.4 is 4.90 Å². The molecular formula is C17H17FN4O2. The lowest BCUT2D eigenvalue weighted by Crippen LogP contribution is -2.51. The molecule has 1 amide bonds. The summed E-state index contributed by atoms with van der Waals surface area (Å²) in [4.78, 5) is 25.0. The monoisotopic (exact) mass is 328 g/mol. The van der Waals surface area contributed by atoms with Crippen molar-refractivity contribution in [1.29, 1.82) is 0 Å². The summed E-state index contributed by atoms with van der Waals surface area (Å²) < 4.78 is 19.7. The van der Waals surface area contributed by atoms with Gasteiger partial charge >= 0.3 is 0 Å². The second-order valence-corrected chi connectivity index (χ2v) is 5.91. The van der Waals surface area contributed by atoms with Crippen molar-refractivity contribution in [3.05, 3.63) is 54.1 Å². The topological polar surface area (TPSA) is 58.6 Å². The zero-order valence-corrected chi connectivity index (χ0v) is 13.0. The Hall–Kier alpha value is -2.54. The van der Waals surface area contributed by atoms with E-state index in [1.165, 1.54) is 12.1 Å². The number of anilines is 1. The maximum absolute atomic E-state index is 13.9. The van der Waals surface area contributed by atoms with E-state index in [2.05, 4.69) is 14.9 Å². The van der Waals surface area contributed by atoms with Crippen molar-refractivity contribution in [2.45, 2.75) is 12.1 Å². The Labute approximate surface area is 138 Å². The number of amides is 1. The molecule has 6 nitrogen and oxygen atoms in total. The molecule has 2 fully saturated rings. The first-order valence-electron chi connectivity index (χ1n) is 7.93. The maximum atomic E-state index is 13.9. The van der Waals surface area contributed by atoms with Crippen molar-refractivity contribution < 1.29 is 13.9 Å². The van der Waals surface area contributed by atoms with Gasteiger partial charge in [-0.25, -0.2) is 14.4 Å². The third-order valence-corrected chi connectivity index (χ3v) is 4.50. The quantitative estimate of drug-likeness (QED) is 0.833. The molecule has 124 valence electrons. The van der Waals surface area contributed by atoms with Gasteiger partial charge in [-0.05, 0) is 18.2 Å². The fourth-order valence-electron chi connectivity index (χ4n) is 3.35. The molecule has 0 spiro atoms. The van der Waals surface area contributed by atoms with E-state index in [4.69, 9.17) is 4.74 Å². The van der Waals surface area contributed by atoms with E-state index >= 15 is 0 Å². The maximum Gasteiger partial charge on any atom is 0.256 e. The highest BCUT2D eigenvalue weighted by molar-refractivity contribution is 5.94. The van der Waals surface area contributed by atoms with E-state index in [0.717, 1.165) is 0 Å². The molecule has 2 aromatic rings. The van der Waals surface area contributed by atoms with Gasteiger partial charge in [0, 0.05) is 32.0 Å². The lowest BCUT2D eigenvalue weighted by Gasteiger charge is -2.36. The number of hydrogen-bond acceptors (Lipinski definition) is 5. The minimum Gasteiger partial charge on any atom is -0.372 e. The highest BCUT2D eigenvalue weighted by atomic mass is 19.1. The van der Waals surface area contributed by atoms with Crippen LogP contribution in [0.5, 0.6) is 0 Å². The number of benzene rings is 1. The minimum absolute atomic E-state index is 0.0168.